The number of carbonyl (C=O) groups excluding carboxylic acids is 1. The molecule has 0 fully saturated rings. The van der Waals surface area contributed by atoms with Gasteiger partial charge in [0.1, 0.15) is 0 Å². The van der Waals surface area contributed by atoms with Crippen LogP contribution in [0, 0.1) is 0 Å². The second-order valence-corrected chi connectivity index (χ2v) is 4.02. The maximum Gasteiger partial charge on any atom is 0.248 e. The monoisotopic (exact) mass is 221 g/mol. The fourth-order valence-corrected chi connectivity index (χ4v) is 1.52. The molecule has 0 bridgehead atoms. The Bertz CT molecular complexity index is 391. The van der Waals surface area contributed by atoms with E-state index >= 15 is 0 Å². The van der Waals surface area contributed by atoms with E-state index in [1.165, 1.54) is 4.68 Å². The predicted molar refractivity (Wildman–Crippen MR) is 65.7 cm³/mol. The fraction of sp³-hybridized carbons (Fsp3) is 0.583. The van der Waals surface area contributed by atoms with Gasteiger partial charge in [-0.1, -0.05) is 20.8 Å². The van der Waals surface area contributed by atoms with Crippen LogP contribution in [0.25, 0.3) is 0 Å². The first-order chi connectivity index (χ1) is 7.61. The lowest BCUT2D eigenvalue weighted by molar-refractivity contribution is 0.0888. The average molecular weight is 221 g/mol. The summed E-state index contributed by atoms with van der Waals surface area (Å²) >= 11 is 0. The highest BCUT2D eigenvalue weighted by atomic mass is 16.2. The van der Waals surface area contributed by atoms with Crippen molar-refractivity contribution in [2.24, 2.45) is 4.99 Å². The van der Waals surface area contributed by atoms with Crippen molar-refractivity contribution in [2.45, 2.75) is 46.5 Å². The smallest absolute Gasteiger partial charge is 0.248 e. The first-order valence-corrected chi connectivity index (χ1v) is 5.71. The molecule has 0 aliphatic rings. The van der Waals surface area contributed by atoms with Gasteiger partial charge in [0.2, 0.25) is 5.91 Å². The SMILES string of the molecule is CC=Nc1c(C(C)C)cnn1C(=O)CCC. The standard InChI is InChI=1S/C12H19N3O/c1-5-7-11(16)15-12(13-6-2)10(8-14-15)9(3)4/h6,8-9H,5,7H2,1-4H3. The van der Waals surface area contributed by atoms with Gasteiger partial charge in [0.05, 0.1) is 6.20 Å². The predicted octanol–water partition coefficient (Wildman–Crippen LogP) is 3.17. The molecule has 1 aromatic rings. The number of rotatable bonds is 4. The molecule has 4 heteroatoms. The highest BCUT2D eigenvalue weighted by Gasteiger charge is 2.16. The Labute approximate surface area is 96.4 Å². The molecule has 88 valence electrons. The maximum atomic E-state index is 11.8. The van der Waals surface area contributed by atoms with E-state index in [0.29, 0.717) is 18.2 Å². The fourth-order valence-electron chi connectivity index (χ4n) is 1.52. The van der Waals surface area contributed by atoms with E-state index in [9.17, 15) is 4.79 Å². The summed E-state index contributed by atoms with van der Waals surface area (Å²) in [6.45, 7) is 7.96. The first-order valence-electron chi connectivity index (χ1n) is 5.71. The summed E-state index contributed by atoms with van der Waals surface area (Å²) in [4.78, 5) is 16.0. The van der Waals surface area contributed by atoms with Crippen LogP contribution in [0.2, 0.25) is 0 Å². The quantitative estimate of drug-likeness (QED) is 0.733. The molecule has 1 heterocycles. The van der Waals surface area contributed by atoms with Gasteiger partial charge in [-0.15, -0.1) is 0 Å². The van der Waals surface area contributed by atoms with Crippen molar-refractivity contribution in [1.29, 1.82) is 0 Å². The van der Waals surface area contributed by atoms with E-state index in [4.69, 9.17) is 0 Å². The molecule has 0 spiro atoms. The van der Waals surface area contributed by atoms with Crippen LogP contribution in [-0.2, 0) is 0 Å². The van der Waals surface area contributed by atoms with Crippen LogP contribution >= 0.6 is 0 Å². The lowest BCUT2D eigenvalue weighted by atomic mass is 10.1. The Morgan fingerprint density at radius 1 is 1.62 bits per heavy atom. The normalized spacial score (nSPS) is 11.6. The first kappa shape index (κ1) is 12.6. The van der Waals surface area contributed by atoms with E-state index in [-0.39, 0.29) is 5.91 Å². The molecule has 0 radical (unpaired) electrons. The summed E-state index contributed by atoms with van der Waals surface area (Å²) in [5, 5.41) is 4.13. The van der Waals surface area contributed by atoms with Crippen LogP contribution in [-0.4, -0.2) is 21.9 Å². The molecule has 1 aromatic heterocycles. The van der Waals surface area contributed by atoms with Crippen LogP contribution in [0.4, 0.5) is 5.82 Å². The zero-order chi connectivity index (χ0) is 12.1. The summed E-state index contributed by atoms with van der Waals surface area (Å²) < 4.78 is 1.42. The van der Waals surface area contributed by atoms with Crippen LogP contribution < -0.4 is 0 Å². The number of hydrogen-bond acceptors (Lipinski definition) is 3. The van der Waals surface area contributed by atoms with Crippen molar-refractivity contribution in [3.8, 4) is 0 Å². The van der Waals surface area contributed by atoms with Crippen molar-refractivity contribution in [3.05, 3.63) is 11.8 Å². The molecule has 1 rings (SSSR count). The largest absolute Gasteiger partial charge is 0.273 e. The highest BCUT2D eigenvalue weighted by molar-refractivity contribution is 5.82. The van der Waals surface area contributed by atoms with Crippen LogP contribution in [0.1, 0.15) is 56.8 Å². The molecule has 16 heavy (non-hydrogen) atoms. The van der Waals surface area contributed by atoms with Gasteiger partial charge in [-0.25, -0.2) is 4.99 Å². The van der Waals surface area contributed by atoms with Gasteiger partial charge in [-0.3, -0.25) is 4.79 Å². The van der Waals surface area contributed by atoms with Crippen LogP contribution in [0.15, 0.2) is 11.2 Å². The van der Waals surface area contributed by atoms with Crippen LogP contribution in [0.3, 0.4) is 0 Å². The van der Waals surface area contributed by atoms with E-state index in [1.54, 1.807) is 12.4 Å². The molecule has 0 saturated heterocycles. The third-order valence-corrected chi connectivity index (χ3v) is 2.34. The van der Waals surface area contributed by atoms with E-state index in [2.05, 4.69) is 23.9 Å². The molecule has 4 nitrogen and oxygen atoms in total. The Hall–Kier alpha value is -1.45. The number of hydrogen-bond donors (Lipinski definition) is 0. The summed E-state index contributed by atoms with van der Waals surface area (Å²) in [5.41, 5.74) is 1.02. The van der Waals surface area contributed by atoms with E-state index < -0.39 is 0 Å². The minimum absolute atomic E-state index is 0.00926. The lowest BCUT2D eigenvalue weighted by Crippen LogP contribution is -2.11. The second-order valence-electron chi connectivity index (χ2n) is 4.02. The van der Waals surface area contributed by atoms with Gasteiger partial charge in [-0.2, -0.15) is 9.78 Å². The van der Waals surface area contributed by atoms with Crippen molar-refractivity contribution >= 4 is 17.9 Å². The van der Waals surface area contributed by atoms with E-state index in [1.807, 2.05) is 13.8 Å². The Morgan fingerprint density at radius 2 is 2.31 bits per heavy atom. The molecule has 0 atom stereocenters. The third kappa shape index (κ3) is 2.56. The molecule has 0 saturated carbocycles. The zero-order valence-electron chi connectivity index (χ0n) is 10.4. The minimum Gasteiger partial charge on any atom is -0.273 e. The van der Waals surface area contributed by atoms with Gasteiger partial charge >= 0.3 is 0 Å². The van der Waals surface area contributed by atoms with Gasteiger partial charge < -0.3 is 0 Å². The molecule has 0 unspecified atom stereocenters. The lowest BCUT2D eigenvalue weighted by Gasteiger charge is -2.05. The molecule has 0 N–H and O–H groups in total. The van der Waals surface area contributed by atoms with Gasteiger partial charge in [0, 0.05) is 18.2 Å². The molecule has 0 aliphatic carbocycles. The van der Waals surface area contributed by atoms with Gasteiger partial charge in [0.25, 0.3) is 0 Å². The maximum absolute atomic E-state index is 11.8. The van der Waals surface area contributed by atoms with E-state index in [0.717, 1.165) is 12.0 Å². The summed E-state index contributed by atoms with van der Waals surface area (Å²) in [5.74, 6) is 1.01. The number of carbonyl (C=O) groups is 1. The van der Waals surface area contributed by atoms with Crippen molar-refractivity contribution in [1.82, 2.24) is 9.78 Å². The topological polar surface area (TPSA) is 47.2 Å². The van der Waals surface area contributed by atoms with Crippen molar-refractivity contribution in [2.75, 3.05) is 0 Å². The number of nitrogens with zero attached hydrogens (tertiary/aromatic N) is 3. The highest BCUT2D eigenvalue weighted by Crippen LogP contribution is 2.26. The second kappa shape index (κ2) is 5.58. The molecule has 0 amide bonds. The van der Waals surface area contributed by atoms with Crippen molar-refractivity contribution in [3.63, 3.8) is 0 Å². The summed E-state index contributed by atoms with van der Waals surface area (Å²) in [7, 11) is 0. The van der Waals surface area contributed by atoms with Crippen molar-refractivity contribution < 1.29 is 4.79 Å². The molecular formula is C12H19N3O. The Kier molecular flexibility index (Phi) is 4.40. The summed E-state index contributed by atoms with van der Waals surface area (Å²) in [6.07, 6.45) is 4.76. The minimum atomic E-state index is 0.00926. The number of aromatic nitrogens is 2. The Balaban J connectivity index is 3.14. The van der Waals surface area contributed by atoms with Crippen LogP contribution in [0.5, 0.6) is 0 Å². The molecule has 0 aromatic carbocycles. The molecular weight excluding hydrogens is 202 g/mol. The van der Waals surface area contributed by atoms with Gasteiger partial charge in [0.15, 0.2) is 5.82 Å². The average Bonchev–Trinajstić information content (AvgIpc) is 2.62. The molecule has 0 aliphatic heterocycles. The summed E-state index contributed by atoms with van der Waals surface area (Å²) in [6, 6.07) is 0. The zero-order valence-corrected chi connectivity index (χ0v) is 10.4. The Morgan fingerprint density at radius 3 is 2.81 bits per heavy atom. The van der Waals surface area contributed by atoms with Gasteiger partial charge in [-0.05, 0) is 19.3 Å². The third-order valence-electron chi connectivity index (χ3n) is 2.34. The number of aliphatic imine (C=N–C) groups is 1.